The number of ether oxygens (including phenoxy) is 1. The van der Waals surface area contributed by atoms with E-state index in [1.165, 1.54) is 0 Å². The average Bonchev–Trinajstić information content (AvgIpc) is 2.69. The van der Waals surface area contributed by atoms with Crippen molar-refractivity contribution < 1.29 is 9.53 Å². The molecule has 2 rings (SSSR count). The van der Waals surface area contributed by atoms with Gasteiger partial charge in [0.1, 0.15) is 0 Å². The maximum absolute atomic E-state index is 11.6. The molecular formula is C14H17NO2. The molecule has 1 aromatic carbocycles. The van der Waals surface area contributed by atoms with Crippen LogP contribution in [0.1, 0.15) is 32.3 Å². The van der Waals surface area contributed by atoms with Crippen molar-refractivity contribution in [1.82, 2.24) is 0 Å². The maximum Gasteiger partial charge on any atom is 0.337 e. The van der Waals surface area contributed by atoms with Crippen LogP contribution in [0.4, 0.5) is 0 Å². The predicted octanol–water partition coefficient (Wildman–Crippen LogP) is 2.79. The van der Waals surface area contributed by atoms with Crippen LogP contribution in [0.3, 0.4) is 0 Å². The van der Waals surface area contributed by atoms with E-state index in [4.69, 9.17) is 4.74 Å². The highest BCUT2D eigenvalue weighted by atomic mass is 16.6. The zero-order valence-electron chi connectivity index (χ0n) is 10.2. The molecule has 0 aromatic heterocycles. The van der Waals surface area contributed by atoms with Crippen LogP contribution in [-0.4, -0.2) is 17.9 Å². The van der Waals surface area contributed by atoms with Gasteiger partial charge in [-0.2, -0.15) is 0 Å². The second-order valence-electron chi connectivity index (χ2n) is 4.71. The van der Waals surface area contributed by atoms with Crippen LogP contribution < -0.4 is 0 Å². The molecule has 1 aliphatic rings. The second-order valence-corrected chi connectivity index (χ2v) is 4.71. The van der Waals surface area contributed by atoms with Gasteiger partial charge in [-0.15, -0.1) is 0 Å². The number of aliphatic imine (C=N–C) groups is 1. The number of carbonyl (C=O) groups is 1. The van der Waals surface area contributed by atoms with Crippen molar-refractivity contribution in [3.8, 4) is 0 Å². The van der Waals surface area contributed by atoms with Gasteiger partial charge in [0, 0.05) is 5.56 Å². The summed E-state index contributed by atoms with van der Waals surface area (Å²) in [6.45, 7) is 4.28. The first-order valence-electron chi connectivity index (χ1n) is 6.01. The van der Waals surface area contributed by atoms with Gasteiger partial charge in [-0.05, 0) is 30.9 Å². The Hall–Kier alpha value is -1.64. The van der Waals surface area contributed by atoms with Crippen molar-refractivity contribution >= 4 is 11.9 Å². The first-order chi connectivity index (χ1) is 8.16. The predicted molar refractivity (Wildman–Crippen MR) is 66.9 cm³/mol. The fraction of sp³-hybridized carbons (Fsp3) is 0.429. The lowest BCUT2D eigenvalue weighted by molar-refractivity contribution is -0.135. The van der Waals surface area contributed by atoms with Gasteiger partial charge >= 0.3 is 5.97 Å². The molecule has 0 fully saturated rings. The molecule has 1 atom stereocenters. The minimum Gasteiger partial charge on any atom is -0.406 e. The zero-order valence-corrected chi connectivity index (χ0v) is 10.2. The first-order valence-corrected chi connectivity index (χ1v) is 6.01. The van der Waals surface area contributed by atoms with Crippen LogP contribution in [-0.2, 0) is 9.53 Å². The van der Waals surface area contributed by atoms with Crippen LogP contribution in [0.25, 0.3) is 0 Å². The van der Waals surface area contributed by atoms with E-state index in [-0.39, 0.29) is 12.0 Å². The molecule has 0 radical (unpaired) electrons. The van der Waals surface area contributed by atoms with Gasteiger partial charge < -0.3 is 4.74 Å². The number of nitrogens with zero attached hydrogens (tertiary/aromatic N) is 1. The zero-order chi connectivity index (χ0) is 12.3. The monoisotopic (exact) mass is 231 g/mol. The standard InChI is InChI=1S/C14H17NO2/c1-10(2)8-9-12-14(16)17-13(15-12)11-6-4-3-5-7-11/h3-7,10,12H,8-9H2,1-2H3. The van der Waals surface area contributed by atoms with Crippen molar-refractivity contribution in [3.63, 3.8) is 0 Å². The lowest BCUT2D eigenvalue weighted by Gasteiger charge is -2.05. The summed E-state index contributed by atoms with van der Waals surface area (Å²) in [5.41, 5.74) is 0.868. The van der Waals surface area contributed by atoms with Crippen LogP contribution in [0.2, 0.25) is 0 Å². The third kappa shape index (κ3) is 2.93. The van der Waals surface area contributed by atoms with E-state index in [1.807, 2.05) is 30.3 Å². The van der Waals surface area contributed by atoms with Crippen molar-refractivity contribution in [1.29, 1.82) is 0 Å². The molecule has 0 bridgehead atoms. The Balaban J connectivity index is 2.06. The van der Waals surface area contributed by atoms with Gasteiger partial charge in [0.25, 0.3) is 0 Å². The molecule has 0 amide bonds. The summed E-state index contributed by atoms with van der Waals surface area (Å²) >= 11 is 0. The lowest BCUT2D eigenvalue weighted by atomic mass is 10.0. The van der Waals surface area contributed by atoms with E-state index in [9.17, 15) is 4.79 Å². The fourth-order valence-corrected chi connectivity index (χ4v) is 1.77. The van der Waals surface area contributed by atoms with Gasteiger partial charge in [0.15, 0.2) is 6.04 Å². The molecule has 3 heteroatoms. The molecule has 0 spiro atoms. The molecule has 0 saturated heterocycles. The maximum atomic E-state index is 11.6. The Bertz CT molecular complexity index is 423. The smallest absolute Gasteiger partial charge is 0.337 e. The van der Waals surface area contributed by atoms with Crippen molar-refractivity contribution in [2.24, 2.45) is 10.9 Å². The lowest BCUT2D eigenvalue weighted by Crippen LogP contribution is -2.15. The summed E-state index contributed by atoms with van der Waals surface area (Å²) < 4.78 is 5.20. The van der Waals surface area contributed by atoms with Gasteiger partial charge in [-0.25, -0.2) is 9.79 Å². The van der Waals surface area contributed by atoms with E-state index in [1.54, 1.807) is 0 Å². The molecule has 0 aliphatic carbocycles. The van der Waals surface area contributed by atoms with E-state index < -0.39 is 0 Å². The van der Waals surface area contributed by atoms with E-state index in [0.717, 1.165) is 18.4 Å². The quantitative estimate of drug-likeness (QED) is 0.747. The fourth-order valence-electron chi connectivity index (χ4n) is 1.77. The molecule has 17 heavy (non-hydrogen) atoms. The minimum absolute atomic E-state index is 0.218. The van der Waals surface area contributed by atoms with Gasteiger partial charge in [-0.3, -0.25) is 0 Å². The molecule has 0 N–H and O–H groups in total. The molecule has 1 unspecified atom stereocenters. The summed E-state index contributed by atoms with van der Waals surface area (Å²) in [5, 5.41) is 0. The SMILES string of the molecule is CC(C)CCC1N=C(c2ccccc2)OC1=O. The molecular weight excluding hydrogens is 214 g/mol. The number of hydrogen-bond acceptors (Lipinski definition) is 3. The molecule has 1 heterocycles. The van der Waals surface area contributed by atoms with Crippen LogP contribution in [0.15, 0.2) is 35.3 Å². The average molecular weight is 231 g/mol. The number of benzene rings is 1. The van der Waals surface area contributed by atoms with Crippen molar-refractivity contribution in [2.75, 3.05) is 0 Å². The summed E-state index contributed by atoms with van der Waals surface area (Å²) in [4.78, 5) is 16.0. The normalized spacial score (nSPS) is 19.4. The topological polar surface area (TPSA) is 38.7 Å². The second kappa shape index (κ2) is 5.13. The molecule has 1 aliphatic heterocycles. The summed E-state index contributed by atoms with van der Waals surface area (Å²) in [7, 11) is 0. The number of esters is 1. The van der Waals surface area contributed by atoms with E-state index in [2.05, 4.69) is 18.8 Å². The van der Waals surface area contributed by atoms with E-state index in [0.29, 0.717) is 11.8 Å². The highest BCUT2D eigenvalue weighted by Crippen LogP contribution is 2.18. The Morgan fingerprint density at radius 1 is 1.29 bits per heavy atom. The summed E-state index contributed by atoms with van der Waals surface area (Å²) in [6.07, 6.45) is 1.76. The highest BCUT2D eigenvalue weighted by molar-refractivity contribution is 6.06. The van der Waals surface area contributed by atoms with Crippen LogP contribution in [0.5, 0.6) is 0 Å². The van der Waals surface area contributed by atoms with Gasteiger partial charge in [-0.1, -0.05) is 32.0 Å². The van der Waals surface area contributed by atoms with Crippen molar-refractivity contribution in [2.45, 2.75) is 32.7 Å². The third-order valence-corrected chi connectivity index (χ3v) is 2.78. The third-order valence-electron chi connectivity index (χ3n) is 2.78. The molecule has 1 aromatic rings. The van der Waals surface area contributed by atoms with E-state index >= 15 is 0 Å². The summed E-state index contributed by atoms with van der Waals surface area (Å²) in [5.74, 6) is 0.827. The first kappa shape index (κ1) is 11.8. The number of carbonyl (C=O) groups excluding carboxylic acids is 1. The van der Waals surface area contributed by atoms with Gasteiger partial charge in [0.05, 0.1) is 0 Å². The number of cyclic esters (lactones) is 1. The Kier molecular flexibility index (Phi) is 3.57. The van der Waals surface area contributed by atoms with Crippen LogP contribution >= 0.6 is 0 Å². The molecule has 0 saturated carbocycles. The Labute approximate surface area is 102 Å². The minimum atomic E-state index is -0.312. The number of rotatable bonds is 4. The van der Waals surface area contributed by atoms with Crippen molar-refractivity contribution in [3.05, 3.63) is 35.9 Å². The molecule has 90 valence electrons. The number of hydrogen-bond donors (Lipinski definition) is 0. The summed E-state index contributed by atoms with van der Waals surface area (Å²) in [6, 6.07) is 9.23. The Morgan fingerprint density at radius 2 is 2.00 bits per heavy atom. The van der Waals surface area contributed by atoms with Crippen LogP contribution in [0, 0.1) is 5.92 Å². The Morgan fingerprint density at radius 3 is 2.65 bits per heavy atom. The molecule has 3 nitrogen and oxygen atoms in total. The van der Waals surface area contributed by atoms with Gasteiger partial charge in [0.2, 0.25) is 5.90 Å². The largest absolute Gasteiger partial charge is 0.406 e. The highest BCUT2D eigenvalue weighted by Gasteiger charge is 2.29.